The number of benzene rings is 3. The van der Waals surface area contributed by atoms with Gasteiger partial charge in [-0.15, -0.1) is 0 Å². The maximum absolute atomic E-state index is 13.5. The van der Waals surface area contributed by atoms with Gasteiger partial charge in [-0.05, 0) is 62.6 Å². The van der Waals surface area contributed by atoms with Gasteiger partial charge in [0.15, 0.2) is 0 Å². The summed E-state index contributed by atoms with van der Waals surface area (Å²) in [5.74, 6) is 0.0141. The molecule has 6 nitrogen and oxygen atoms in total. The van der Waals surface area contributed by atoms with E-state index < -0.39 is 15.9 Å². The molecule has 8 heteroatoms. The molecule has 34 heavy (non-hydrogen) atoms. The Balaban J connectivity index is 1.81. The Hall–Kier alpha value is -3.03. The Bertz CT molecular complexity index is 1220. The molecule has 1 N–H and O–H groups in total. The predicted octanol–water partition coefficient (Wildman–Crippen LogP) is 4.99. The van der Waals surface area contributed by atoms with Crippen LogP contribution in [0.3, 0.4) is 0 Å². The number of sulfonamides is 1. The molecule has 0 spiro atoms. The summed E-state index contributed by atoms with van der Waals surface area (Å²) in [4.78, 5) is 13.0. The van der Waals surface area contributed by atoms with Crippen LogP contribution in [-0.2, 0) is 21.2 Å². The third-order valence-corrected chi connectivity index (χ3v) is 7.52. The van der Waals surface area contributed by atoms with Crippen molar-refractivity contribution < 1.29 is 17.9 Å². The highest BCUT2D eigenvalue weighted by Crippen LogP contribution is 2.32. The molecule has 0 fully saturated rings. The molecule has 0 aliphatic rings. The number of rotatable bonds is 10. The van der Waals surface area contributed by atoms with Crippen LogP contribution in [0.4, 0.5) is 5.69 Å². The first kappa shape index (κ1) is 25.6. The average Bonchev–Trinajstić information content (AvgIpc) is 2.82. The van der Waals surface area contributed by atoms with Crippen LogP contribution in [-0.4, -0.2) is 34.0 Å². The van der Waals surface area contributed by atoms with E-state index in [1.165, 1.54) is 30.9 Å². The second-order valence-corrected chi connectivity index (χ2v) is 10.4. The predicted molar refractivity (Wildman–Crippen MR) is 136 cm³/mol. The highest BCUT2D eigenvalue weighted by atomic mass is 35.5. The van der Waals surface area contributed by atoms with Gasteiger partial charge in [-0.25, -0.2) is 8.42 Å². The number of anilines is 1. The van der Waals surface area contributed by atoms with Crippen molar-refractivity contribution in [3.05, 3.63) is 88.9 Å². The van der Waals surface area contributed by atoms with Crippen molar-refractivity contribution in [2.75, 3.05) is 18.0 Å². The van der Waals surface area contributed by atoms with Gasteiger partial charge in [-0.1, -0.05) is 59.6 Å². The van der Waals surface area contributed by atoms with Crippen molar-refractivity contribution in [2.45, 2.75) is 37.6 Å². The minimum Gasteiger partial charge on any atom is -0.495 e. The number of amides is 1. The number of nitrogens with one attached hydrogen (secondary N) is 1. The van der Waals surface area contributed by atoms with Gasteiger partial charge in [0.2, 0.25) is 5.91 Å². The van der Waals surface area contributed by atoms with E-state index in [9.17, 15) is 13.2 Å². The number of halogens is 1. The van der Waals surface area contributed by atoms with Gasteiger partial charge >= 0.3 is 0 Å². The van der Waals surface area contributed by atoms with Gasteiger partial charge in [0.05, 0.1) is 22.7 Å². The van der Waals surface area contributed by atoms with E-state index in [0.29, 0.717) is 5.75 Å². The molecule has 0 saturated carbocycles. The summed E-state index contributed by atoms with van der Waals surface area (Å²) < 4.78 is 33.3. The van der Waals surface area contributed by atoms with Crippen molar-refractivity contribution in [1.29, 1.82) is 0 Å². The molecule has 180 valence electrons. The Morgan fingerprint density at radius 1 is 1.06 bits per heavy atom. The minimum absolute atomic E-state index is 0.0926. The van der Waals surface area contributed by atoms with Gasteiger partial charge in [-0.2, -0.15) is 0 Å². The normalized spacial score (nSPS) is 12.1. The second kappa shape index (κ2) is 11.4. The molecule has 0 bridgehead atoms. The van der Waals surface area contributed by atoms with E-state index in [1.807, 2.05) is 44.2 Å². The van der Waals surface area contributed by atoms with Crippen molar-refractivity contribution in [2.24, 2.45) is 0 Å². The Kier molecular flexibility index (Phi) is 8.58. The third kappa shape index (κ3) is 6.52. The zero-order chi connectivity index (χ0) is 24.7. The average molecular weight is 501 g/mol. The molecule has 3 aromatic rings. The summed E-state index contributed by atoms with van der Waals surface area (Å²) in [6.07, 6.45) is 1.54. The Morgan fingerprint density at radius 3 is 2.35 bits per heavy atom. The van der Waals surface area contributed by atoms with Crippen LogP contribution in [0.25, 0.3) is 0 Å². The SMILES string of the molecule is COc1ccc(N(CC(=O)N[C@H](C)CCc2ccccc2)S(=O)(=O)c2ccc(C)cc2)cc1Cl. The van der Waals surface area contributed by atoms with E-state index in [2.05, 4.69) is 5.32 Å². The number of carbonyl (C=O) groups excluding carboxylic acids is 1. The molecule has 1 amide bonds. The van der Waals surface area contributed by atoms with Crippen LogP contribution < -0.4 is 14.4 Å². The first-order chi connectivity index (χ1) is 16.2. The number of hydrogen-bond donors (Lipinski definition) is 1. The molecule has 1 atom stereocenters. The van der Waals surface area contributed by atoms with Gasteiger partial charge in [0.25, 0.3) is 10.0 Å². The summed E-state index contributed by atoms with van der Waals surface area (Å²) in [5, 5.41) is 3.17. The van der Waals surface area contributed by atoms with Crippen LogP contribution in [0.5, 0.6) is 5.75 Å². The zero-order valence-electron chi connectivity index (χ0n) is 19.5. The molecular formula is C26H29ClN2O4S. The lowest BCUT2D eigenvalue weighted by molar-refractivity contribution is -0.120. The summed E-state index contributed by atoms with van der Waals surface area (Å²) >= 11 is 6.26. The molecule has 3 aromatic carbocycles. The number of ether oxygens (including phenoxy) is 1. The molecule has 3 rings (SSSR count). The standard InChI is InChI=1S/C26H29ClN2O4S/c1-19-9-14-23(15-10-19)34(31,32)29(22-13-16-25(33-3)24(27)17-22)18-26(30)28-20(2)11-12-21-7-5-4-6-8-21/h4-10,13-17,20H,11-12,18H2,1-3H3,(H,28,30)/t20-/m1/s1. The number of nitrogens with zero attached hydrogens (tertiary/aromatic N) is 1. The highest BCUT2D eigenvalue weighted by molar-refractivity contribution is 7.92. The number of aryl methyl sites for hydroxylation is 2. The van der Waals surface area contributed by atoms with Crippen LogP contribution in [0.2, 0.25) is 5.02 Å². The van der Waals surface area contributed by atoms with Gasteiger partial charge < -0.3 is 10.1 Å². The summed E-state index contributed by atoms with van der Waals surface area (Å²) in [6, 6.07) is 21.0. The smallest absolute Gasteiger partial charge is 0.264 e. The summed E-state index contributed by atoms with van der Waals surface area (Å²) in [5.41, 5.74) is 2.39. The first-order valence-electron chi connectivity index (χ1n) is 11.0. The number of hydrogen-bond acceptors (Lipinski definition) is 4. The van der Waals surface area contributed by atoms with Crippen LogP contribution in [0, 0.1) is 6.92 Å². The fourth-order valence-electron chi connectivity index (χ4n) is 3.51. The maximum Gasteiger partial charge on any atom is 0.264 e. The first-order valence-corrected chi connectivity index (χ1v) is 12.8. The van der Waals surface area contributed by atoms with Gasteiger partial charge in [-0.3, -0.25) is 9.10 Å². The maximum atomic E-state index is 13.5. The quantitative estimate of drug-likeness (QED) is 0.425. The largest absolute Gasteiger partial charge is 0.495 e. The van der Waals surface area contributed by atoms with Crippen molar-refractivity contribution in [3.63, 3.8) is 0 Å². The van der Waals surface area contributed by atoms with Crippen molar-refractivity contribution in [3.8, 4) is 5.75 Å². The lowest BCUT2D eigenvalue weighted by atomic mass is 10.1. The summed E-state index contributed by atoms with van der Waals surface area (Å²) in [6.45, 7) is 3.40. The van der Waals surface area contributed by atoms with Crippen molar-refractivity contribution >= 4 is 33.2 Å². The van der Waals surface area contributed by atoms with Crippen molar-refractivity contribution in [1.82, 2.24) is 5.32 Å². The van der Waals surface area contributed by atoms with Crippen LogP contribution in [0.1, 0.15) is 24.5 Å². The lowest BCUT2D eigenvalue weighted by Crippen LogP contribution is -2.43. The fourth-order valence-corrected chi connectivity index (χ4v) is 5.18. The molecule has 0 aliphatic carbocycles. The van der Waals surface area contributed by atoms with E-state index in [1.54, 1.807) is 24.3 Å². The monoisotopic (exact) mass is 500 g/mol. The topological polar surface area (TPSA) is 75.7 Å². The van der Waals surface area contributed by atoms with Crippen LogP contribution in [0.15, 0.2) is 77.7 Å². The summed E-state index contributed by atoms with van der Waals surface area (Å²) in [7, 11) is -2.54. The zero-order valence-corrected chi connectivity index (χ0v) is 21.1. The van der Waals surface area contributed by atoms with E-state index >= 15 is 0 Å². The minimum atomic E-state index is -4.02. The van der Waals surface area contributed by atoms with E-state index in [4.69, 9.17) is 16.3 Å². The van der Waals surface area contributed by atoms with Gasteiger partial charge in [0.1, 0.15) is 12.3 Å². The lowest BCUT2D eigenvalue weighted by Gasteiger charge is -2.25. The van der Waals surface area contributed by atoms with Gasteiger partial charge in [0, 0.05) is 6.04 Å². The molecule has 0 aliphatic heterocycles. The third-order valence-electron chi connectivity index (χ3n) is 5.44. The number of methoxy groups -OCH3 is 1. The molecule has 0 aromatic heterocycles. The second-order valence-electron chi connectivity index (χ2n) is 8.14. The van der Waals surface area contributed by atoms with Crippen LogP contribution >= 0.6 is 11.6 Å². The molecule has 0 unspecified atom stereocenters. The fraction of sp³-hybridized carbons (Fsp3) is 0.269. The molecule has 0 radical (unpaired) electrons. The Labute approximate surface area is 206 Å². The molecule has 0 saturated heterocycles. The highest BCUT2D eigenvalue weighted by Gasteiger charge is 2.28. The number of carbonyl (C=O) groups is 1. The Morgan fingerprint density at radius 2 is 1.74 bits per heavy atom. The molecule has 0 heterocycles. The molecular weight excluding hydrogens is 472 g/mol. The van der Waals surface area contributed by atoms with E-state index in [-0.39, 0.29) is 28.2 Å². The van der Waals surface area contributed by atoms with E-state index in [0.717, 1.165) is 22.7 Å².